The van der Waals surface area contributed by atoms with Crippen molar-refractivity contribution >= 4 is 17.9 Å². The number of hydrogen-bond donors (Lipinski definition) is 2. The van der Waals surface area contributed by atoms with Crippen LogP contribution in [0.15, 0.2) is 77.0 Å². The zero-order valence-electron chi connectivity index (χ0n) is 17.8. The zero-order chi connectivity index (χ0) is 22.2. The van der Waals surface area contributed by atoms with Crippen molar-refractivity contribution in [2.75, 3.05) is 0 Å². The molecule has 6 heteroatoms. The Labute approximate surface area is 181 Å². The van der Waals surface area contributed by atoms with E-state index in [4.69, 9.17) is 9.15 Å². The first-order valence-electron chi connectivity index (χ1n) is 10.1. The average Bonchev–Trinajstić information content (AvgIpc) is 3.25. The summed E-state index contributed by atoms with van der Waals surface area (Å²) in [4.78, 5) is 25.6. The number of carbonyl (C=O) groups is 2. The highest BCUT2D eigenvalue weighted by Gasteiger charge is 2.16. The number of nitrogens with one attached hydrogen (secondary N) is 2. The Bertz CT molecular complexity index is 1050. The number of ether oxygens (including phenoxy) is 1. The van der Waals surface area contributed by atoms with E-state index in [-0.39, 0.29) is 17.7 Å². The van der Waals surface area contributed by atoms with E-state index in [0.717, 1.165) is 16.9 Å². The third-order valence-corrected chi connectivity index (χ3v) is 4.46. The summed E-state index contributed by atoms with van der Waals surface area (Å²) in [5, 5.41) is 5.55. The summed E-state index contributed by atoms with van der Waals surface area (Å²) in [5.41, 5.74) is 2.33. The molecule has 2 aromatic carbocycles. The fraction of sp³-hybridized carbons (Fsp3) is 0.200. The van der Waals surface area contributed by atoms with Crippen LogP contribution in [0, 0.1) is 6.92 Å². The molecule has 0 aliphatic heterocycles. The van der Waals surface area contributed by atoms with Crippen molar-refractivity contribution in [3.8, 4) is 5.75 Å². The largest absolute Gasteiger partial charge is 0.491 e. The van der Waals surface area contributed by atoms with Crippen LogP contribution in [-0.4, -0.2) is 17.9 Å². The first-order valence-corrected chi connectivity index (χ1v) is 10.1. The molecule has 1 aromatic heterocycles. The predicted molar refractivity (Wildman–Crippen MR) is 119 cm³/mol. The average molecular weight is 418 g/mol. The lowest BCUT2D eigenvalue weighted by molar-refractivity contribution is -0.117. The van der Waals surface area contributed by atoms with Crippen LogP contribution in [0.1, 0.15) is 41.1 Å². The fourth-order valence-electron chi connectivity index (χ4n) is 2.93. The summed E-state index contributed by atoms with van der Waals surface area (Å²) in [6.07, 6.45) is 3.10. The Kier molecular flexibility index (Phi) is 7.27. The summed E-state index contributed by atoms with van der Waals surface area (Å²) in [7, 11) is 0. The molecule has 0 aliphatic carbocycles. The molecular weight excluding hydrogens is 392 g/mol. The van der Waals surface area contributed by atoms with Crippen molar-refractivity contribution in [2.24, 2.45) is 0 Å². The molecule has 31 heavy (non-hydrogen) atoms. The Hall–Kier alpha value is -3.80. The molecule has 2 amide bonds. The monoisotopic (exact) mass is 418 g/mol. The predicted octanol–water partition coefficient (Wildman–Crippen LogP) is 4.46. The van der Waals surface area contributed by atoms with Gasteiger partial charge in [0.15, 0.2) is 0 Å². The Balaban J connectivity index is 1.71. The van der Waals surface area contributed by atoms with E-state index in [2.05, 4.69) is 10.6 Å². The van der Waals surface area contributed by atoms with Gasteiger partial charge in [0.1, 0.15) is 17.2 Å². The fourth-order valence-corrected chi connectivity index (χ4v) is 2.93. The van der Waals surface area contributed by atoms with Gasteiger partial charge < -0.3 is 19.8 Å². The maximum atomic E-state index is 12.8. The second kappa shape index (κ2) is 10.3. The third kappa shape index (κ3) is 6.34. The Morgan fingerprint density at radius 1 is 1.03 bits per heavy atom. The standard InChI is InChI=1S/C25H26N2O4/c1-17(2)31-20-12-10-19(11-13-20)16-26-25(29)23(15-21-8-6-14-30-21)27-24(28)22-9-5-4-7-18(22)3/h4-15,17H,16H2,1-3H3,(H,26,29)(H,27,28)/b23-15-. The molecule has 0 fully saturated rings. The van der Waals surface area contributed by atoms with Gasteiger partial charge >= 0.3 is 0 Å². The number of aryl methyl sites for hydroxylation is 1. The van der Waals surface area contributed by atoms with Gasteiger partial charge in [-0.2, -0.15) is 0 Å². The number of rotatable bonds is 8. The molecule has 0 bridgehead atoms. The van der Waals surface area contributed by atoms with Gasteiger partial charge in [0.25, 0.3) is 11.8 Å². The minimum atomic E-state index is -0.416. The molecule has 0 unspecified atom stereocenters. The lowest BCUT2D eigenvalue weighted by atomic mass is 10.1. The molecule has 160 valence electrons. The van der Waals surface area contributed by atoms with Crippen molar-refractivity contribution in [2.45, 2.75) is 33.4 Å². The SMILES string of the molecule is Cc1ccccc1C(=O)N/C(=C\c1ccco1)C(=O)NCc1ccc(OC(C)C)cc1. The van der Waals surface area contributed by atoms with E-state index in [0.29, 0.717) is 17.9 Å². The molecule has 0 spiro atoms. The molecule has 3 aromatic rings. The highest BCUT2D eigenvalue weighted by atomic mass is 16.5. The van der Waals surface area contributed by atoms with Crippen LogP contribution >= 0.6 is 0 Å². The smallest absolute Gasteiger partial charge is 0.268 e. The normalized spacial score (nSPS) is 11.3. The van der Waals surface area contributed by atoms with E-state index in [9.17, 15) is 9.59 Å². The topological polar surface area (TPSA) is 80.6 Å². The van der Waals surface area contributed by atoms with E-state index >= 15 is 0 Å². The molecule has 6 nitrogen and oxygen atoms in total. The van der Waals surface area contributed by atoms with Crippen LogP contribution in [0.5, 0.6) is 5.75 Å². The molecule has 3 rings (SSSR count). The molecule has 0 saturated heterocycles. The highest BCUT2D eigenvalue weighted by Crippen LogP contribution is 2.14. The minimum absolute atomic E-state index is 0.0942. The van der Waals surface area contributed by atoms with Crippen LogP contribution in [0.4, 0.5) is 0 Å². The number of benzene rings is 2. The summed E-state index contributed by atoms with van der Waals surface area (Å²) in [5.74, 6) is 0.460. The van der Waals surface area contributed by atoms with Gasteiger partial charge in [0.05, 0.1) is 12.4 Å². The van der Waals surface area contributed by atoms with Gasteiger partial charge in [-0.3, -0.25) is 9.59 Å². The second-order valence-corrected chi connectivity index (χ2v) is 7.34. The first-order chi connectivity index (χ1) is 14.9. The molecule has 0 aliphatic rings. The van der Waals surface area contributed by atoms with E-state index in [1.165, 1.54) is 12.3 Å². The number of furan rings is 1. The van der Waals surface area contributed by atoms with Gasteiger partial charge in [0.2, 0.25) is 0 Å². The lowest BCUT2D eigenvalue weighted by Crippen LogP contribution is -2.34. The third-order valence-electron chi connectivity index (χ3n) is 4.46. The van der Waals surface area contributed by atoms with E-state index < -0.39 is 5.91 Å². The van der Waals surface area contributed by atoms with Crippen LogP contribution in [0.2, 0.25) is 0 Å². The first kappa shape index (κ1) is 21.9. The highest BCUT2D eigenvalue weighted by molar-refractivity contribution is 6.05. The van der Waals surface area contributed by atoms with Crippen LogP contribution < -0.4 is 15.4 Å². The number of carbonyl (C=O) groups excluding carboxylic acids is 2. The van der Waals surface area contributed by atoms with Crippen LogP contribution in [0.25, 0.3) is 6.08 Å². The summed E-state index contributed by atoms with van der Waals surface area (Å²) < 4.78 is 10.9. The van der Waals surface area contributed by atoms with Crippen LogP contribution in [-0.2, 0) is 11.3 Å². The van der Waals surface area contributed by atoms with E-state index in [1.807, 2.05) is 57.2 Å². The van der Waals surface area contributed by atoms with Crippen LogP contribution in [0.3, 0.4) is 0 Å². The molecule has 1 heterocycles. The van der Waals surface area contributed by atoms with Gasteiger partial charge in [0, 0.05) is 18.2 Å². The van der Waals surface area contributed by atoms with Crippen molar-refractivity contribution in [1.29, 1.82) is 0 Å². The van der Waals surface area contributed by atoms with Gasteiger partial charge in [-0.25, -0.2) is 0 Å². The maximum absolute atomic E-state index is 12.8. The number of hydrogen-bond acceptors (Lipinski definition) is 4. The molecule has 2 N–H and O–H groups in total. The van der Waals surface area contributed by atoms with Crippen molar-refractivity contribution in [1.82, 2.24) is 10.6 Å². The molecule has 0 atom stereocenters. The second-order valence-electron chi connectivity index (χ2n) is 7.34. The summed E-state index contributed by atoms with van der Waals surface area (Å²) in [6, 6.07) is 18.1. The van der Waals surface area contributed by atoms with Crippen molar-refractivity contribution in [3.05, 3.63) is 95.1 Å². The van der Waals surface area contributed by atoms with Crippen molar-refractivity contribution < 1.29 is 18.7 Å². The quantitative estimate of drug-likeness (QED) is 0.529. The minimum Gasteiger partial charge on any atom is -0.491 e. The number of amides is 2. The van der Waals surface area contributed by atoms with Crippen molar-refractivity contribution in [3.63, 3.8) is 0 Å². The lowest BCUT2D eigenvalue weighted by Gasteiger charge is -2.13. The molecular formula is C25H26N2O4. The van der Waals surface area contributed by atoms with Gasteiger partial charge in [-0.05, 0) is 62.2 Å². The maximum Gasteiger partial charge on any atom is 0.268 e. The van der Waals surface area contributed by atoms with Gasteiger partial charge in [-0.1, -0.05) is 30.3 Å². The Morgan fingerprint density at radius 2 is 1.77 bits per heavy atom. The zero-order valence-corrected chi connectivity index (χ0v) is 17.8. The molecule has 0 radical (unpaired) electrons. The summed E-state index contributed by atoms with van der Waals surface area (Å²) >= 11 is 0. The van der Waals surface area contributed by atoms with E-state index in [1.54, 1.807) is 24.3 Å². The van der Waals surface area contributed by atoms with Gasteiger partial charge in [-0.15, -0.1) is 0 Å². The summed E-state index contributed by atoms with van der Waals surface area (Å²) in [6.45, 7) is 6.08. The Morgan fingerprint density at radius 3 is 2.42 bits per heavy atom. The molecule has 0 saturated carbocycles.